The zero-order valence-electron chi connectivity index (χ0n) is 14.8. The molecule has 1 heterocycles. The van der Waals surface area contributed by atoms with Gasteiger partial charge < -0.3 is 15.1 Å². The van der Waals surface area contributed by atoms with Crippen LogP contribution in [0.5, 0.6) is 0 Å². The average molecular weight is 426 g/mol. The van der Waals surface area contributed by atoms with Gasteiger partial charge in [-0.15, -0.1) is 0 Å². The Kier molecular flexibility index (Phi) is 5.81. The fourth-order valence-corrected chi connectivity index (χ4v) is 2.56. The number of rotatable bonds is 5. The maximum Gasteiger partial charge on any atom is 0.349 e. The number of benzene rings is 2. The Labute approximate surface area is 164 Å². The van der Waals surface area contributed by atoms with E-state index in [9.17, 15) is 36.3 Å². The number of amides is 2. The molecule has 3 aromatic rings. The van der Waals surface area contributed by atoms with E-state index in [1.807, 2.05) is 5.32 Å². The first-order valence-electron chi connectivity index (χ1n) is 8.33. The second-order valence-corrected chi connectivity index (χ2v) is 5.94. The van der Waals surface area contributed by atoms with Gasteiger partial charge in [0.2, 0.25) is 5.82 Å². The summed E-state index contributed by atoms with van der Waals surface area (Å²) in [5, 5.41) is 4.67. The summed E-state index contributed by atoms with van der Waals surface area (Å²) in [6.07, 6.45) is 0. The van der Waals surface area contributed by atoms with E-state index in [4.69, 9.17) is 4.42 Å². The molecule has 1 aromatic heterocycles. The number of para-hydroxylation sites is 1. The highest BCUT2D eigenvalue weighted by atomic mass is 19.2. The molecule has 0 aliphatic carbocycles. The van der Waals surface area contributed by atoms with Crippen molar-refractivity contribution in [1.82, 2.24) is 10.6 Å². The van der Waals surface area contributed by atoms with Crippen LogP contribution in [0.25, 0.3) is 11.0 Å². The molecule has 0 aliphatic heterocycles. The minimum absolute atomic E-state index is 0.272. The van der Waals surface area contributed by atoms with Crippen LogP contribution in [0.15, 0.2) is 39.5 Å². The third kappa shape index (κ3) is 3.86. The zero-order chi connectivity index (χ0) is 22.0. The Morgan fingerprint density at radius 1 is 0.800 bits per heavy atom. The minimum atomic E-state index is -2.39. The first-order chi connectivity index (χ1) is 14.2. The van der Waals surface area contributed by atoms with Gasteiger partial charge in [0, 0.05) is 18.5 Å². The number of nitrogens with one attached hydrogen (secondary N) is 2. The molecule has 0 radical (unpaired) electrons. The molecular weight excluding hydrogens is 415 g/mol. The second kappa shape index (κ2) is 8.31. The SMILES string of the molecule is O=C(NCCNC(=O)c1cc2ccccc2oc1=O)c1c(F)c(F)c(F)c(F)c1F. The van der Waals surface area contributed by atoms with Gasteiger partial charge in [-0.05, 0) is 12.1 Å². The van der Waals surface area contributed by atoms with Crippen LogP contribution in [0, 0.1) is 29.1 Å². The minimum Gasteiger partial charge on any atom is -0.422 e. The number of fused-ring (bicyclic) bond motifs is 1. The normalized spacial score (nSPS) is 10.8. The van der Waals surface area contributed by atoms with Crippen molar-refractivity contribution in [1.29, 1.82) is 0 Å². The van der Waals surface area contributed by atoms with Gasteiger partial charge in [0.25, 0.3) is 11.8 Å². The fourth-order valence-electron chi connectivity index (χ4n) is 2.56. The van der Waals surface area contributed by atoms with Crippen LogP contribution < -0.4 is 16.3 Å². The van der Waals surface area contributed by atoms with E-state index >= 15 is 0 Å². The average Bonchev–Trinajstić information content (AvgIpc) is 2.73. The van der Waals surface area contributed by atoms with E-state index in [0.717, 1.165) is 0 Å². The molecule has 0 aliphatic rings. The standard InChI is InChI=1S/C19H11F5N2O4/c20-12-11(13(21)15(23)16(24)14(12)22)18(28)26-6-5-25-17(27)9-7-8-3-1-2-4-10(8)30-19(9)29/h1-4,7H,5-6H2,(H,25,27)(H,26,28). The molecule has 0 atom stereocenters. The van der Waals surface area contributed by atoms with Crippen LogP contribution in [0.3, 0.4) is 0 Å². The summed E-state index contributed by atoms with van der Waals surface area (Å²) in [5.74, 6) is -13.9. The van der Waals surface area contributed by atoms with Crippen LogP contribution in [0.1, 0.15) is 20.7 Å². The van der Waals surface area contributed by atoms with Crippen LogP contribution in [-0.4, -0.2) is 24.9 Å². The summed E-state index contributed by atoms with van der Waals surface area (Å²) in [6.45, 7) is -0.741. The first-order valence-corrected chi connectivity index (χ1v) is 8.33. The largest absolute Gasteiger partial charge is 0.422 e. The van der Waals surface area contributed by atoms with Gasteiger partial charge >= 0.3 is 5.63 Å². The van der Waals surface area contributed by atoms with Gasteiger partial charge in [0.1, 0.15) is 16.7 Å². The second-order valence-electron chi connectivity index (χ2n) is 5.94. The predicted octanol–water partition coefficient (Wildman–Crippen LogP) is 2.65. The highest BCUT2D eigenvalue weighted by molar-refractivity contribution is 5.97. The molecule has 0 spiro atoms. The van der Waals surface area contributed by atoms with E-state index < -0.39 is 58.6 Å². The van der Waals surface area contributed by atoms with E-state index in [0.29, 0.717) is 5.39 Å². The van der Waals surface area contributed by atoms with Crippen LogP contribution in [0.4, 0.5) is 22.0 Å². The summed E-state index contributed by atoms with van der Waals surface area (Å²) in [7, 11) is 0. The van der Waals surface area contributed by atoms with Crippen molar-refractivity contribution in [3.63, 3.8) is 0 Å². The van der Waals surface area contributed by atoms with Gasteiger partial charge in [-0.25, -0.2) is 26.7 Å². The van der Waals surface area contributed by atoms with Crippen LogP contribution >= 0.6 is 0 Å². The Balaban J connectivity index is 1.64. The van der Waals surface area contributed by atoms with Crippen molar-refractivity contribution in [2.24, 2.45) is 0 Å². The highest BCUT2D eigenvalue weighted by Gasteiger charge is 2.29. The van der Waals surface area contributed by atoms with Crippen molar-refractivity contribution in [2.75, 3.05) is 13.1 Å². The highest BCUT2D eigenvalue weighted by Crippen LogP contribution is 2.22. The lowest BCUT2D eigenvalue weighted by Gasteiger charge is -2.10. The number of carbonyl (C=O) groups is 2. The van der Waals surface area contributed by atoms with Gasteiger partial charge in [-0.2, -0.15) is 0 Å². The number of hydrogen-bond acceptors (Lipinski definition) is 4. The molecule has 3 rings (SSSR count). The van der Waals surface area contributed by atoms with Crippen molar-refractivity contribution >= 4 is 22.8 Å². The molecule has 0 saturated carbocycles. The van der Waals surface area contributed by atoms with Crippen LogP contribution in [-0.2, 0) is 0 Å². The molecule has 6 nitrogen and oxygen atoms in total. The van der Waals surface area contributed by atoms with Crippen molar-refractivity contribution < 1.29 is 36.0 Å². The third-order valence-electron chi connectivity index (χ3n) is 4.02. The van der Waals surface area contributed by atoms with E-state index in [2.05, 4.69) is 5.32 Å². The molecule has 2 aromatic carbocycles. The Morgan fingerprint density at radius 2 is 1.33 bits per heavy atom. The van der Waals surface area contributed by atoms with E-state index in [1.165, 1.54) is 12.1 Å². The maximum atomic E-state index is 13.6. The summed E-state index contributed by atoms with van der Waals surface area (Å²) in [5.41, 5.74) is -2.60. The number of carbonyl (C=O) groups excluding carboxylic acids is 2. The molecule has 0 unspecified atom stereocenters. The number of halogens is 5. The van der Waals surface area contributed by atoms with Crippen molar-refractivity contribution in [2.45, 2.75) is 0 Å². The summed E-state index contributed by atoms with van der Waals surface area (Å²) in [6, 6.07) is 7.74. The van der Waals surface area contributed by atoms with Gasteiger partial charge in [0.15, 0.2) is 23.3 Å². The lowest BCUT2D eigenvalue weighted by Crippen LogP contribution is -2.37. The molecular formula is C19H11F5N2O4. The summed E-state index contributed by atoms with van der Waals surface area (Å²) in [4.78, 5) is 35.8. The van der Waals surface area contributed by atoms with Gasteiger partial charge in [-0.3, -0.25) is 9.59 Å². The Hall–Kier alpha value is -3.76. The molecule has 2 N–H and O–H groups in total. The maximum absolute atomic E-state index is 13.6. The summed E-state index contributed by atoms with van der Waals surface area (Å²) >= 11 is 0. The monoisotopic (exact) mass is 426 g/mol. The first kappa shape index (κ1) is 21.0. The van der Waals surface area contributed by atoms with Crippen molar-refractivity contribution in [3.05, 3.63) is 81.0 Å². The third-order valence-corrected chi connectivity index (χ3v) is 4.02. The van der Waals surface area contributed by atoms with Gasteiger partial charge in [-0.1, -0.05) is 18.2 Å². The lowest BCUT2D eigenvalue weighted by molar-refractivity contribution is 0.0919. The number of hydrogen-bond donors (Lipinski definition) is 2. The fraction of sp³-hybridized carbons (Fsp3) is 0.105. The van der Waals surface area contributed by atoms with E-state index in [-0.39, 0.29) is 17.7 Å². The lowest BCUT2D eigenvalue weighted by atomic mass is 10.1. The molecule has 0 bridgehead atoms. The molecule has 11 heteroatoms. The zero-order valence-corrected chi connectivity index (χ0v) is 14.8. The molecule has 30 heavy (non-hydrogen) atoms. The molecule has 0 saturated heterocycles. The van der Waals surface area contributed by atoms with Gasteiger partial charge in [0.05, 0.1) is 0 Å². The Bertz CT molecular complexity index is 1200. The van der Waals surface area contributed by atoms with E-state index in [1.54, 1.807) is 18.2 Å². The van der Waals surface area contributed by atoms with Crippen LogP contribution in [0.2, 0.25) is 0 Å². The molecule has 0 fully saturated rings. The predicted molar refractivity (Wildman–Crippen MR) is 93.4 cm³/mol. The molecule has 2 amide bonds. The summed E-state index contributed by atoms with van der Waals surface area (Å²) < 4.78 is 71.5. The Morgan fingerprint density at radius 3 is 1.97 bits per heavy atom. The topological polar surface area (TPSA) is 88.4 Å². The van der Waals surface area contributed by atoms with Crippen molar-refractivity contribution in [3.8, 4) is 0 Å². The molecule has 156 valence electrons. The smallest absolute Gasteiger partial charge is 0.349 e. The quantitative estimate of drug-likeness (QED) is 0.216.